The van der Waals surface area contributed by atoms with E-state index in [1.54, 1.807) is 14.2 Å². The standard InChI is InChI=1S/C15H23NO3/c1-11-6-7-14(19-3)15-13(11)5-4-8-16(15)9-12(17)10-18-2/h6-7,12,17H,4-5,8-10H2,1-3H3. The SMILES string of the molecule is COCC(O)CN1CCCc2c(C)ccc(OC)c21. The van der Waals surface area contributed by atoms with Crippen molar-refractivity contribution in [2.24, 2.45) is 0 Å². The van der Waals surface area contributed by atoms with Crippen LogP contribution in [0.15, 0.2) is 12.1 Å². The third kappa shape index (κ3) is 3.01. The highest BCUT2D eigenvalue weighted by Gasteiger charge is 2.24. The maximum Gasteiger partial charge on any atom is 0.142 e. The summed E-state index contributed by atoms with van der Waals surface area (Å²) in [5.74, 6) is 0.893. The van der Waals surface area contributed by atoms with E-state index in [1.807, 2.05) is 6.07 Å². The first-order valence-corrected chi connectivity index (χ1v) is 6.75. The minimum atomic E-state index is -0.471. The molecular formula is C15H23NO3. The van der Waals surface area contributed by atoms with Crippen LogP contribution in [0.25, 0.3) is 0 Å². The van der Waals surface area contributed by atoms with Crippen LogP contribution in [0, 0.1) is 6.92 Å². The molecule has 0 spiro atoms. The van der Waals surface area contributed by atoms with Crippen LogP contribution in [0.1, 0.15) is 17.5 Å². The molecule has 1 unspecified atom stereocenters. The smallest absolute Gasteiger partial charge is 0.142 e. The Kier molecular flexibility index (Phi) is 4.66. The van der Waals surface area contributed by atoms with E-state index >= 15 is 0 Å². The Morgan fingerprint density at radius 3 is 2.84 bits per heavy atom. The molecule has 0 bridgehead atoms. The molecule has 4 nitrogen and oxygen atoms in total. The van der Waals surface area contributed by atoms with Crippen LogP contribution in [0.5, 0.6) is 5.75 Å². The van der Waals surface area contributed by atoms with Gasteiger partial charge < -0.3 is 19.5 Å². The van der Waals surface area contributed by atoms with E-state index in [2.05, 4.69) is 17.9 Å². The monoisotopic (exact) mass is 265 g/mol. The first-order chi connectivity index (χ1) is 9.17. The number of rotatable bonds is 5. The van der Waals surface area contributed by atoms with Crippen LogP contribution in [0.2, 0.25) is 0 Å². The number of ether oxygens (including phenoxy) is 2. The molecule has 0 fully saturated rings. The average Bonchev–Trinajstić information content (AvgIpc) is 2.40. The lowest BCUT2D eigenvalue weighted by atomic mass is 9.96. The van der Waals surface area contributed by atoms with Crippen molar-refractivity contribution >= 4 is 5.69 Å². The van der Waals surface area contributed by atoms with Crippen molar-refractivity contribution in [2.45, 2.75) is 25.9 Å². The molecule has 0 amide bonds. The minimum Gasteiger partial charge on any atom is -0.495 e. The normalized spacial score (nSPS) is 16.1. The van der Waals surface area contributed by atoms with Crippen molar-refractivity contribution in [3.63, 3.8) is 0 Å². The zero-order valence-electron chi connectivity index (χ0n) is 12.0. The molecule has 0 aliphatic carbocycles. The summed E-state index contributed by atoms with van der Waals surface area (Å²) in [6.45, 7) is 4.03. The Balaban J connectivity index is 2.29. The number of benzene rings is 1. The van der Waals surface area contributed by atoms with Gasteiger partial charge in [0.2, 0.25) is 0 Å². The molecule has 106 valence electrons. The molecule has 1 aromatic rings. The summed E-state index contributed by atoms with van der Waals surface area (Å²) in [6.07, 6.45) is 1.72. The van der Waals surface area contributed by atoms with Gasteiger partial charge in [-0.2, -0.15) is 0 Å². The summed E-state index contributed by atoms with van der Waals surface area (Å²) in [5.41, 5.74) is 3.78. The number of methoxy groups -OCH3 is 2. The van der Waals surface area contributed by atoms with Gasteiger partial charge in [-0.05, 0) is 37.0 Å². The molecule has 2 rings (SSSR count). The summed E-state index contributed by atoms with van der Waals surface area (Å²) in [4.78, 5) is 2.22. The van der Waals surface area contributed by atoms with Crippen molar-refractivity contribution < 1.29 is 14.6 Å². The Morgan fingerprint density at radius 2 is 2.16 bits per heavy atom. The highest BCUT2D eigenvalue weighted by molar-refractivity contribution is 5.67. The van der Waals surface area contributed by atoms with Gasteiger partial charge in [0.05, 0.1) is 25.5 Å². The van der Waals surface area contributed by atoms with Crippen molar-refractivity contribution in [1.82, 2.24) is 0 Å². The third-order valence-corrected chi connectivity index (χ3v) is 3.66. The molecule has 1 N–H and O–H groups in total. The number of hydrogen-bond acceptors (Lipinski definition) is 4. The van der Waals surface area contributed by atoms with Crippen LogP contribution in [-0.4, -0.2) is 45.1 Å². The number of aliphatic hydroxyl groups is 1. The molecule has 1 atom stereocenters. The van der Waals surface area contributed by atoms with Crippen LogP contribution < -0.4 is 9.64 Å². The second kappa shape index (κ2) is 6.26. The first kappa shape index (κ1) is 14.2. The molecule has 0 radical (unpaired) electrons. The van der Waals surface area contributed by atoms with Crippen molar-refractivity contribution in [1.29, 1.82) is 0 Å². The Bertz CT molecular complexity index is 434. The van der Waals surface area contributed by atoms with E-state index in [4.69, 9.17) is 9.47 Å². The molecule has 1 aromatic carbocycles. The molecular weight excluding hydrogens is 242 g/mol. The fraction of sp³-hybridized carbons (Fsp3) is 0.600. The summed E-state index contributed by atoms with van der Waals surface area (Å²) in [6, 6.07) is 4.11. The summed E-state index contributed by atoms with van der Waals surface area (Å²) < 4.78 is 10.5. The van der Waals surface area contributed by atoms with Crippen LogP contribution in [0.4, 0.5) is 5.69 Å². The molecule has 1 heterocycles. The largest absolute Gasteiger partial charge is 0.495 e. The number of fused-ring (bicyclic) bond motifs is 1. The number of nitrogens with zero attached hydrogens (tertiary/aromatic N) is 1. The van der Waals surface area contributed by atoms with Crippen molar-refractivity contribution in [3.8, 4) is 5.75 Å². The van der Waals surface area contributed by atoms with Gasteiger partial charge in [0, 0.05) is 20.2 Å². The molecule has 0 aromatic heterocycles. The predicted molar refractivity (Wildman–Crippen MR) is 76.1 cm³/mol. The molecule has 0 saturated heterocycles. The van der Waals surface area contributed by atoms with E-state index in [0.717, 1.165) is 30.8 Å². The van der Waals surface area contributed by atoms with E-state index in [1.165, 1.54) is 11.1 Å². The zero-order valence-corrected chi connectivity index (χ0v) is 12.0. The van der Waals surface area contributed by atoms with Gasteiger partial charge in [0.15, 0.2) is 0 Å². The Labute approximate surface area is 114 Å². The lowest BCUT2D eigenvalue weighted by Crippen LogP contribution is -2.38. The van der Waals surface area contributed by atoms with Gasteiger partial charge in [-0.3, -0.25) is 0 Å². The quantitative estimate of drug-likeness (QED) is 0.881. The van der Waals surface area contributed by atoms with Gasteiger partial charge in [0.1, 0.15) is 5.75 Å². The average molecular weight is 265 g/mol. The number of β-amino-alcohol motifs (C(OH)–C–C–N with tert-alkyl or cyclic N) is 1. The van der Waals surface area contributed by atoms with Crippen LogP contribution in [0.3, 0.4) is 0 Å². The highest BCUT2D eigenvalue weighted by atomic mass is 16.5. The van der Waals surface area contributed by atoms with Gasteiger partial charge in [-0.1, -0.05) is 6.07 Å². The molecule has 0 saturated carbocycles. The molecule has 19 heavy (non-hydrogen) atoms. The predicted octanol–water partition coefficient (Wildman–Crippen LogP) is 1.76. The molecule has 1 aliphatic heterocycles. The topological polar surface area (TPSA) is 41.9 Å². The van der Waals surface area contributed by atoms with Crippen LogP contribution in [-0.2, 0) is 11.2 Å². The van der Waals surface area contributed by atoms with E-state index in [-0.39, 0.29) is 0 Å². The van der Waals surface area contributed by atoms with Gasteiger partial charge in [-0.25, -0.2) is 0 Å². The first-order valence-electron chi connectivity index (χ1n) is 6.75. The number of aliphatic hydroxyl groups excluding tert-OH is 1. The fourth-order valence-electron chi connectivity index (χ4n) is 2.78. The molecule has 1 aliphatic rings. The van der Waals surface area contributed by atoms with Gasteiger partial charge in [0.25, 0.3) is 0 Å². The zero-order chi connectivity index (χ0) is 13.8. The van der Waals surface area contributed by atoms with E-state index in [9.17, 15) is 5.11 Å². The summed E-state index contributed by atoms with van der Waals surface area (Å²) in [7, 11) is 3.31. The Hall–Kier alpha value is -1.26. The van der Waals surface area contributed by atoms with Gasteiger partial charge >= 0.3 is 0 Å². The van der Waals surface area contributed by atoms with Gasteiger partial charge in [-0.15, -0.1) is 0 Å². The van der Waals surface area contributed by atoms with E-state index < -0.39 is 6.10 Å². The molecule has 4 heteroatoms. The second-order valence-electron chi connectivity index (χ2n) is 5.07. The third-order valence-electron chi connectivity index (χ3n) is 3.66. The van der Waals surface area contributed by atoms with Crippen LogP contribution >= 0.6 is 0 Å². The highest BCUT2D eigenvalue weighted by Crippen LogP contribution is 2.38. The lowest BCUT2D eigenvalue weighted by Gasteiger charge is -2.34. The minimum absolute atomic E-state index is 0.361. The maximum absolute atomic E-state index is 9.95. The summed E-state index contributed by atoms with van der Waals surface area (Å²) in [5, 5.41) is 9.95. The second-order valence-corrected chi connectivity index (χ2v) is 5.07. The van der Waals surface area contributed by atoms with Crippen molar-refractivity contribution in [2.75, 3.05) is 38.8 Å². The fourth-order valence-corrected chi connectivity index (χ4v) is 2.78. The summed E-state index contributed by atoms with van der Waals surface area (Å²) >= 11 is 0. The van der Waals surface area contributed by atoms with E-state index in [0.29, 0.717) is 13.2 Å². The van der Waals surface area contributed by atoms with Crippen molar-refractivity contribution in [3.05, 3.63) is 23.3 Å². The Morgan fingerprint density at radius 1 is 1.37 bits per heavy atom. The number of aryl methyl sites for hydroxylation is 1. The number of anilines is 1. The lowest BCUT2D eigenvalue weighted by molar-refractivity contribution is 0.0685. The maximum atomic E-state index is 9.95. The number of hydrogen-bond donors (Lipinski definition) is 1.